The Morgan fingerprint density at radius 1 is 1.41 bits per heavy atom. The SMILES string of the molecule is Cc1ccc(C(C)NCC2CCCC2CO)o1. The molecule has 3 nitrogen and oxygen atoms in total. The Kier molecular flexibility index (Phi) is 4.24. The summed E-state index contributed by atoms with van der Waals surface area (Å²) in [6.07, 6.45) is 3.67. The van der Waals surface area contributed by atoms with Crippen LogP contribution in [-0.2, 0) is 0 Å². The van der Waals surface area contributed by atoms with Gasteiger partial charge in [0.15, 0.2) is 0 Å². The first-order chi connectivity index (χ1) is 8.20. The number of aryl methyl sites for hydroxylation is 1. The molecule has 0 aromatic carbocycles. The van der Waals surface area contributed by atoms with E-state index in [9.17, 15) is 5.11 Å². The van der Waals surface area contributed by atoms with Crippen LogP contribution in [0, 0.1) is 18.8 Å². The molecule has 1 aliphatic carbocycles. The molecule has 0 radical (unpaired) electrons. The number of rotatable bonds is 5. The van der Waals surface area contributed by atoms with Gasteiger partial charge in [0.05, 0.1) is 6.04 Å². The van der Waals surface area contributed by atoms with Gasteiger partial charge in [-0.3, -0.25) is 0 Å². The molecule has 3 atom stereocenters. The summed E-state index contributed by atoms with van der Waals surface area (Å²) in [5, 5.41) is 12.8. The van der Waals surface area contributed by atoms with Gasteiger partial charge in [-0.05, 0) is 57.2 Å². The third-order valence-electron chi connectivity index (χ3n) is 3.93. The molecule has 0 spiro atoms. The van der Waals surface area contributed by atoms with E-state index in [-0.39, 0.29) is 6.04 Å². The average molecular weight is 237 g/mol. The van der Waals surface area contributed by atoms with Crippen LogP contribution in [0.2, 0.25) is 0 Å². The van der Waals surface area contributed by atoms with E-state index < -0.39 is 0 Å². The van der Waals surface area contributed by atoms with E-state index in [1.165, 1.54) is 19.3 Å². The molecule has 0 bridgehead atoms. The lowest BCUT2D eigenvalue weighted by Gasteiger charge is -2.20. The zero-order valence-electron chi connectivity index (χ0n) is 10.8. The fraction of sp³-hybridized carbons (Fsp3) is 0.714. The maximum absolute atomic E-state index is 9.28. The average Bonchev–Trinajstić information content (AvgIpc) is 2.94. The van der Waals surface area contributed by atoms with Gasteiger partial charge in [-0.25, -0.2) is 0 Å². The van der Waals surface area contributed by atoms with Crippen molar-refractivity contribution < 1.29 is 9.52 Å². The lowest BCUT2D eigenvalue weighted by Crippen LogP contribution is -2.28. The van der Waals surface area contributed by atoms with Gasteiger partial charge in [0.2, 0.25) is 0 Å². The zero-order valence-corrected chi connectivity index (χ0v) is 10.8. The molecule has 1 aromatic rings. The van der Waals surface area contributed by atoms with E-state index in [4.69, 9.17) is 4.42 Å². The Hall–Kier alpha value is -0.800. The summed E-state index contributed by atoms with van der Waals surface area (Å²) in [5.41, 5.74) is 0. The topological polar surface area (TPSA) is 45.4 Å². The fourth-order valence-corrected chi connectivity index (χ4v) is 2.74. The van der Waals surface area contributed by atoms with Crippen LogP contribution in [0.4, 0.5) is 0 Å². The summed E-state index contributed by atoms with van der Waals surface area (Å²) < 4.78 is 5.60. The molecule has 1 saturated carbocycles. The molecule has 1 aromatic heterocycles. The summed E-state index contributed by atoms with van der Waals surface area (Å²) in [7, 11) is 0. The van der Waals surface area contributed by atoms with E-state index in [1.54, 1.807) is 0 Å². The molecule has 3 unspecified atom stereocenters. The molecule has 17 heavy (non-hydrogen) atoms. The lowest BCUT2D eigenvalue weighted by molar-refractivity contribution is 0.190. The number of aliphatic hydroxyl groups is 1. The number of nitrogens with one attached hydrogen (secondary N) is 1. The molecule has 0 aliphatic heterocycles. The van der Waals surface area contributed by atoms with Crippen molar-refractivity contribution in [2.75, 3.05) is 13.2 Å². The molecule has 0 amide bonds. The summed E-state index contributed by atoms with van der Waals surface area (Å²) in [5.74, 6) is 3.08. The minimum atomic E-state index is 0.253. The van der Waals surface area contributed by atoms with Crippen molar-refractivity contribution >= 4 is 0 Å². The molecule has 2 rings (SSSR count). The van der Waals surface area contributed by atoms with Crippen LogP contribution in [0.25, 0.3) is 0 Å². The minimum Gasteiger partial charge on any atom is -0.465 e. The predicted octanol–water partition coefficient (Wildman–Crippen LogP) is 2.65. The van der Waals surface area contributed by atoms with Crippen molar-refractivity contribution in [1.82, 2.24) is 5.32 Å². The van der Waals surface area contributed by atoms with Crippen LogP contribution in [0.5, 0.6) is 0 Å². The highest BCUT2D eigenvalue weighted by Crippen LogP contribution is 2.31. The summed E-state index contributed by atoms with van der Waals surface area (Å²) in [6.45, 7) is 5.41. The molecule has 2 N–H and O–H groups in total. The van der Waals surface area contributed by atoms with Crippen LogP contribution in [0.15, 0.2) is 16.5 Å². The normalized spacial score (nSPS) is 26.3. The molecular weight excluding hydrogens is 214 g/mol. The third-order valence-corrected chi connectivity index (χ3v) is 3.93. The van der Waals surface area contributed by atoms with Gasteiger partial charge in [-0.1, -0.05) is 6.42 Å². The highest BCUT2D eigenvalue weighted by molar-refractivity contribution is 5.08. The van der Waals surface area contributed by atoms with E-state index >= 15 is 0 Å². The van der Waals surface area contributed by atoms with Crippen LogP contribution in [0.3, 0.4) is 0 Å². The summed E-state index contributed by atoms with van der Waals surface area (Å²) >= 11 is 0. The third kappa shape index (κ3) is 3.11. The second-order valence-corrected chi connectivity index (χ2v) is 5.21. The predicted molar refractivity (Wildman–Crippen MR) is 67.8 cm³/mol. The van der Waals surface area contributed by atoms with Gasteiger partial charge < -0.3 is 14.8 Å². The van der Waals surface area contributed by atoms with Crippen molar-refractivity contribution in [1.29, 1.82) is 0 Å². The van der Waals surface area contributed by atoms with Crippen molar-refractivity contribution in [3.05, 3.63) is 23.7 Å². The number of hydrogen-bond acceptors (Lipinski definition) is 3. The molecule has 1 heterocycles. The van der Waals surface area contributed by atoms with Crippen LogP contribution >= 0.6 is 0 Å². The second-order valence-electron chi connectivity index (χ2n) is 5.21. The minimum absolute atomic E-state index is 0.253. The van der Waals surface area contributed by atoms with Crippen molar-refractivity contribution in [3.8, 4) is 0 Å². The van der Waals surface area contributed by atoms with Crippen LogP contribution in [-0.4, -0.2) is 18.3 Å². The van der Waals surface area contributed by atoms with E-state index in [1.807, 2.05) is 19.1 Å². The van der Waals surface area contributed by atoms with Gasteiger partial charge in [0.1, 0.15) is 11.5 Å². The zero-order chi connectivity index (χ0) is 12.3. The first kappa shape index (κ1) is 12.7. The first-order valence-corrected chi connectivity index (χ1v) is 6.61. The fourth-order valence-electron chi connectivity index (χ4n) is 2.74. The maximum atomic E-state index is 9.28. The van der Waals surface area contributed by atoms with E-state index in [0.29, 0.717) is 18.4 Å². The van der Waals surface area contributed by atoms with E-state index in [0.717, 1.165) is 18.1 Å². The lowest BCUT2D eigenvalue weighted by atomic mass is 9.96. The number of hydrogen-bond donors (Lipinski definition) is 2. The second kappa shape index (κ2) is 5.69. The molecule has 0 saturated heterocycles. The molecule has 1 fully saturated rings. The van der Waals surface area contributed by atoms with Crippen LogP contribution < -0.4 is 5.32 Å². The Bertz CT molecular complexity index is 348. The molecular formula is C14H23NO2. The molecule has 3 heteroatoms. The van der Waals surface area contributed by atoms with Gasteiger partial charge >= 0.3 is 0 Å². The summed E-state index contributed by atoms with van der Waals surface area (Å²) in [4.78, 5) is 0. The monoisotopic (exact) mass is 237 g/mol. The highest BCUT2D eigenvalue weighted by atomic mass is 16.3. The van der Waals surface area contributed by atoms with E-state index in [2.05, 4.69) is 12.2 Å². The highest BCUT2D eigenvalue weighted by Gasteiger charge is 2.26. The first-order valence-electron chi connectivity index (χ1n) is 6.61. The Morgan fingerprint density at radius 2 is 2.18 bits per heavy atom. The quantitative estimate of drug-likeness (QED) is 0.827. The summed E-state index contributed by atoms with van der Waals surface area (Å²) in [6, 6.07) is 4.29. The molecule has 96 valence electrons. The van der Waals surface area contributed by atoms with Crippen molar-refractivity contribution in [2.45, 2.75) is 39.2 Å². The molecule has 1 aliphatic rings. The van der Waals surface area contributed by atoms with Gasteiger partial charge in [0.25, 0.3) is 0 Å². The van der Waals surface area contributed by atoms with Gasteiger partial charge in [-0.2, -0.15) is 0 Å². The Balaban J connectivity index is 1.81. The standard InChI is InChI=1S/C14H23NO2/c1-10-6-7-14(17-10)11(2)15-8-12-4-3-5-13(12)9-16/h6-7,11-13,15-16H,3-5,8-9H2,1-2H3. The smallest absolute Gasteiger partial charge is 0.120 e. The Morgan fingerprint density at radius 3 is 2.82 bits per heavy atom. The largest absolute Gasteiger partial charge is 0.465 e. The number of aliphatic hydroxyl groups excluding tert-OH is 1. The van der Waals surface area contributed by atoms with Crippen molar-refractivity contribution in [3.63, 3.8) is 0 Å². The van der Waals surface area contributed by atoms with Gasteiger partial charge in [0, 0.05) is 6.61 Å². The van der Waals surface area contributed by atoms with Crippen LogP contribution in [0.1, 0.15) is 43.7 Å². The number of furan rings is 1. The Labute approximate surface area is 103 Å². The maximum Gasteiger partial charge on any atom is 0.120 e. The van der Waals surface area contributed by atoms with Crippen molar-refractivity contribution in [2.24, 2.45) is 11.8 Å². The van der Waals surface area contributed by atoms with Gasteiger partial charge in [-0.15, -0.1) is 0 Å².